The van der Waals surface area contributed by atoms with Gasteiger partial charge in [0.15, 0.2) is 0 Å². The van der Waals surface area contributed by atoms with Crippen LogP contribution in [0.25, 0.3) is 0 Å². The van der Waals surface area contributed by atoms with Gasteiger partial charge in [0, 0.05) is 13.2 Å². The SMILES string of the molecule is CNC(Cc1ccc(F)cc1C)CC(C)OC. The molecule has 96 valence electrons. The Kier molecular flexibility index (Phi) is 5.59. The predicted molar refractivity (Wildman–Crippen MR) is 68.8 cm³/mol. The Hall–Kier alpha value is -0.930. The highest BCUT2D eigenvalue weighted by molar-refractivity contribution is 5.27. The van der Waals surface area contributed by atoms with Crippen molar-refractivity contribution in [1.29, 1.82) is 0 Å². The fourth-order valence-corrected chi connectivity index (χ4v) is 1.95. The minimum Gasteiger partial charge on any atom is -0.382 e. The van der Waals surface area contributed by atoms with Crippen LogP contribution >= 0.6 is 0 Å². The van der Waals surface area contributed by atoms with E-state index >= 15 is 0 Å². The molecule has 17 heavy (non-hydrogen) atoms. The average molecular weight is 239 g/mol. The zero-order valence-electron chi connectivity index (χ0n) is 11.1. The second-order valence-electron chi connectivity index (χ2n) is 4.54. The molecule has 2 nitrogen and oxygen atoms in total. The van der Waals surface area contributed by atoms with Crippen LogP contribution in [0.1, 0.15) is 24.5 Å². The lowest BCUT2D eigenvalue weighted by Crippen LogP contribution is -2.31. The number of ether oxygens (including phenoxy) is 1. The number of hydrogen-bond donors (Lipinski definition) is 1. The molecule has 0 aliphatic rings. The van der Waals surface area contributed by atoms with Crippen molar-refractivity contribution in [2.45, 2.75) is 38.8 Å². The average Bonchev–Trinajstić information content (AvgIpc) is 2.31. The first kappa shape index (κ1) is 14.1. The number of halogens is 1. The minimum atomic E-state index is -0.169. The molecule has 2 atom stereocenters. The highest BCUT2D eigenvalue weighted by Gasteiger charge is 2.13. The maximum atomic E-state index is 13.0. The highest BCUT2D eigenvalue weighted by atomic mass is 19.1. The van der Waals surface area contributed by atoms with Gasteiger partial charge in [-0.25, -0.2) is 4.39 Å². The highest BCUT2D eigenvalue weighted by Crippen LogP contribution is 2.14. The summed E-state index contributed by atoms with van der Waals surface area (Å²) in [5.41, 5.74) is 2.20. The topological polar surface area (TPSA) is 21.3 Å². The molecule has 0 fully saturated rings. The summed E-state index contributed by atoms with van der Waals surface area (Å²) in [6, 6.07) is 5.33. The maximum Gasteiger partial charge on any atom is 0.123 e. The molecule has 1 N–H and O–H groups in total. The molecule has 0 aromatic heterocycles. The molecule has 1 rings (SSSR count). The number of likely N-dealkylation sites (N-methyl/N-ethyl adjacent to an activating group) is 1. The molecule has 2 unspecified atom stereocenters. The fourth-order valence-electron chi connectivity index (χ4n) is 1.95. The second-order valence-corrected chi connectivity index (χ2v) is 4.54. The Morgan fingerprint density at radius 2 is 2.12 bits per heavy atom. The Labute approximate surface area is 103 Å². The van der Waals surface area contributed by atoms with E-state index in [9.17, 15) is 4.39 Å². The third-order valence-corrected chi connectivity index (χ3v) is 3.20. The van der Waals surface area contributed by atoms with Crippen molar-refractivity contribution < 1.29 is 9.13 Å². The zero-order chi connectivity index (χ0) is 12.8. The summed E-state index contributed by atoms with van der Waals surface area (Å²) in [5, 5.41) is 3.28. The number of methoxy groups -OCH3 is 1. The van der Waals surface area contributed by atoms with E-state index < -0.39 is 0 Å². The molecule has 3 heteroatoms. The van der Waals surface area contributed by atoms with Crippen molar-refractivity contribution in [1.82, 2.24) is 5.32 Å². The lowest BCUT2D eigenvalue weighted by Gasteiger charge is -2.20. The van der Waals surface area contributed by atoms with Gasteiger partial charge in [0.2, 0.25) is 0 Å². The van der Waals surface area contributed by atoms with Crippen molar-refractivity contribution in [2.75, 3.05) is 14.2 Å². The Bertz CT molecular complexity index is 354. The molecule has 0 saturated heterocycles. The van der Waals surface area contributed by atoms with Gasteiger partial charge >= 0.3 is 0 Å². The molecular formula is C14H22FNO. The third kappa shape index (κ3) is 4.44. The normalized spacial score (nSPS) is 14.6. The number of hydrogen-bond acceptors (Lipinski definition) is 2. The molecule has 0 amide bonds. The lowest BCUT2D eigenvalue weighted by molar-refractivity contribution is 0.101. The van der Waals surface area contributed by atoms with Crippen LogP contribution in [-0.2, 0) is 11.2 Å². The van der Waals surface area contributed by atoms with Gasteiger partial charge in [-0.3, -0.25) is 0 Å². The predicted octanol–water partition coefficient (Wildman–Crippen LogP) is 2.69. The molecule has 0 aliphatic heterocycles. The maximum absolute atomic E-state index is 13.0. The number of nitrogens with one attached hydrogen (secondary N) is 1. The van der Waals surface area contributed by atoms with E-state index in [4.69, 9.17) is 4.74 Å². The van der Waals surface area contributed by atoms with E-state index in [0.29, 0.717) is 6.04 Å². The van der Waals surface area contributed by atoms with Crippen molar-refractivity contribution in [2.24, 2.45) is 0 Å². The van der Waals surface area contributed by atoms with Gasteiger partial charge in [0.05, 0.1) is 6.10 Å². The molecule has 1 aromatic rings. The van der Waals surface area contributed by atoms with Gasteiger partial charge in [0.1, 0.15) is 5.82 Å². The molecule has 0 aliphatic carbocycles. The molecular weight excluding hydrogens is 217 g/mol. The van der Waals surface area contributed by atoms with Crippen molar-refractivity contribution >= 4 is 0 Å². The van der Waals surface area contributed by atoms with Gasteiger partial charge < -0.3 is 10.1 Å². The number of benzene rings is 1. The van der Waals surface area contributed by atoms with Crippen LogP contribution in [-0.4, -0.2) is 26.3 Å². The standard InChI is InChI=1S/C14H22FNO/c1-10-7-13(15)6-5-12(10)9-14(16-3)8-11(2)17-4/h5-7,11,14,16H,8-9H2,1-4H3. The Balaban J connectivity index is 2.67. The van der Waals surface area contributed by atoms with Crippen LogP contribution in [0.4, 0.5) is 4.39 Å². The smallest absolute Gasteiger partial charge is 0.123 e. The van der Waals surface area contributed by atoms with Gasteiger partial charge in [-0.1, -0.05) is 6.07 Å². The van der Waals surface area contributed by atoms with Crippen LogP contribution in [0.3, 0.4) is 0 Å². The molecule has 0 saturated carbocycles. The molecule has 1 aromatic carbocycles. The molecule has 0 radical (unpaired) electrons. The van der Waals surface area contributed by atoms with Crippen LogP contribution in [0.2, 0.25) is 0 Å². The van der Waals surface area contributed by atoms with Crippen LogP contribution in [0.15, 0.2) is 18.2 Å². The van der Waals surface area contributed by atoms with E-state index in [1.54, 1.807) is 13.2 Å². The molecule has 0 spiro atoms. The van der Waals surface area contributed by atoms with Crippen LogP contribution < -0.4 is 5.32 Å². The Morgan fingerprint density at radius 1 is 1.41 bits per heavy atom. The first-order chi connectivity index (χ1) is 8.06. The first-order valence-electron chi connectivity index (χ1n) is 6.02. The van der Waals surface area contributed by atoms with Crippen LogP contribution in [0, 0.1) is 12.7 Å². The quantitative estimate of drug-likeness (QED) is 0.824. The van der Waals surface area contributed by atoms with E-state index in [1.165, 1.54) is 11.6 Å². The number of aryl methyl sites for hydroxylation is 1. The van der Waals surface area contributed by atoms with Crippen molar-refractivity contribution in [3.8, 4) is 0 Å². The summed E-state index contributed by atoms with van der Waals surface area (Å²) in [5.74, 6) is -0.169. The molecule has 0 bridgehead atoms. The largest absolute Gasteiger partial charge is 0.382 e. The van der Waals surface area contributed by atoms with E-state index in [-0.39, 0.29) is 11.9 Å². The van der Waals surface area contributed by atoms with Crippen LogP contribution in [0.5, 0.6) is 0 Å². The summed E-state index contributed by atoms with van der Waals surface area (Å²) in [4.78, 5) is 0. The van der Waals surface area contributed by atoms with Crippen molar-refractivity contribution in [3.05, 3.63) is 35.1 Å². The summed E-state index contributed by atoms with van der Waals surface area (Å²) in [6.45, 7) is 4.01. The zero-order valence-corrected chi connectivity index (χ0v) is 11.1. The monoisotopic (exact) mass is 239 g/mol. The van der Waals surface area contributed by atoms with E-state index in [0.717, 1.165) is 18.4 Å². The summed E-state index contributed by atoms with van der Waals surface area (Å²) >= 11 is 0. The number of rotatable bonds is 6. The first-order valence-corrected chi connectivity index (χ1v) is 6.02. The van der Waals surface area contributed by atoms with Gasteiger partial charge in [-0.15, -0.1) is 0 Å². The fraction of sp³-hybridized carbons (Fsp3) is 0.571. The van der Waals surface area contributed by atoms with E-state index in [2.05, 4.69) is 12.2 Å². The lowest BCUT2D eigenvalue weighted by atomic mass is 9.97. The van der Waals surface area contributed by atoms with Gasteiger partial charge in [0.25, 0.3) is 0 Å². The van der Waals surface area contributed by atoms with Gasteiger partial charge in [-0.05, 0) is 57.0 Å². The van der Waals surface area contributed by atoms with E-state index in [1.807, 2.05) is 20.0 Å². The van der Waals surface area contributed by atoms with Gasteiger partial charge in [-0.2, -0.15) is 0 Å². The summed E-state index contributed by atoms with van der Waals surface area (Å²) < 4.78 is 18.3. The third-order valence-electron chi connectivity index (χ3n) is 3.20. The Morgan fingerprint density at radius 3 is 2.65 bits per heavy atom. The second kappa shape index (κ2) is 6.72. The minimum absolute atomic E-state index is 0.169. The summed E-state index contributed by atoms with van der Waals surface area (Å²) in [6.07, 6.45) is 2.08. The summed E-state index contributed by atoms with van der Waals surface area (Å²) in [7, 11) is 3.67. The van der Waals surface area contributed by atoms with Crippen molar-refractivity contribution in [3.63, 3.8) is 0 Å². The molecule has 0 heterocycles.